The van der Waals surface area contributed by atoms with Gasteiger partial charge in [0, 0.05) is 42.5 Å². The third-order valence-electron chi connectivity index (χ3n) is 4.33. The Hall–Kier alpha value is -2.49. The number of rotatable bonds is 10. The number of thiazole rings is 1. The van der Waals surface area contributed by atoms with E-state index in [0.717, 1.165) is 39.1 Å². The van der Waals surface area contributed by atoms with Gasteiger partial charge in [0.05, 0.1) is 13.1 Å². The molecule has 9 heteroatoms. The fourth-order valence-corrected chi connectivity index (χ4v) is 3.62. The Morgan fingerprint density at radius 2 is 1.97 bits per heavy atom. The molecule has 2 rings (SSSR count). The van der Waals surface area contributed by atoms with E-state index < -0.39 is 0 Å². The molecule has 0 aliphatic carbocycles. The predicted molar refractivity (Wildman–Crippen MR) is 118 cm³/mol. The van der Waals surface area contributed by atoms with Crippen LogP contribution in [0.25, 0.3) is 10.6 Å². The fourth-order valence-electron chi connectivity index (χ4n) is 2.83. The number of carbonyl (C=O) groups is 2. The second-order valence-corrected chi connectivity index (χ2v) is 7.72. The molecule has 0 saturated carbocycles. The van der Waals surface area contributed by atoms with Gasteiger partial charge in [-0.2, -0.15) is 0 Å². The number of carbonyl (C=O) groups excluding carboxylic acids is 2. The molecular weight excluding hydrogens is 388 g/mol. The average molecular weight is 419 g/mol. The number of hydrogen-bond donors (Lipinski definition) is 3. The van der Waals surface area contributed by atoms with E-state index in [1.165, 1.54) is 7.05 Å². The number of nitrogens with one attached hydrogen (secondary N) is 2. The summed E-state index contributed by atoms with van der Waals surface area (Å²) < 4.78 is 0. The summed E-state index contributed by atoms with van der Waals surface area (Å²) in [5.41, 5.74) is 3.78. The molecule has 1 aromatic heterocycles. The number of amides is 2. The summed E-state index contributed by atoms with van der Waals surface area (Å²) in [4.78, 5) is 30.9. The van der Waals surface area contributed by atoms with Gasteiger partial charge in [0.2, 0.25) is 5.91 Å². The first-order chi connectivity index (χ1) is 13.8. The van der Waals surface area contributed by atoms with Crippen molar-refractivity contribution in [2.75, 3.05) is 44.7 Å². The Bertz CT molecular complexity index is 836. The van der Waals surface area contributed by atoms with Gasteiger partial charge < -0.3 is 15.5 Å². The Morgan fingerprint density at radius 3 is 2.55 bits per heavy atom. The van der Waals surface area contributed by atoms with Crippen LogP contribution in [0.15, 0.2) is 23.6 Å². The highest BCUT2D eigenvalue weighted by Gasteiger charge is 2.19. The topological polar surface area (TPSA) is 104 Å². The van der Waals surface area contributed by atoms with Crippen LogP contribution in [0.2, 0.25) is 0 Å². The highest BCUT2D eigenvalue weighted by atomic mass is 32.1. The summed E-state index contributed by atoms with van der Waals surface area (Å²) in [6, 6.07) is 5.92. The van der Waals surface area contributed by atoms with E-state index in [2.05, 4.69) is 15.6 Å². The van der Waals surface area contributed by atoms with Crippen LogP contribution < -0.4 is 21.4 Å². The molecular formula is C20H30N6O2S. The number of anilines is 1. The summed E-state index contributed by atoms with van der Waals surface area (Å²) >= 11 is 1.59. The molecule has 0 saturated heterocycles. The Balaban J connectivity index is 2.18. The molecule has 0 radical (unpaired) electrons. The van der Waals surface area contributed by atoms with Crippen molar-refractivity contribution in [1.82, 2.24) is 20.6 Å². The van der Waals surface area contributed by atoms with E-state index in [-0.39, 0.29) is 24.9 Å². The molecule has 2 amide bonds. The van der Waals surface area contributed by atoms with Gasteiger partial charge in [-0.25, -0.2) is 10.8 Å². The third-order valence-corrected chi connectivity index (χ3v) is 5.34. The van der Waals surface area contributed by atoms with Crippen LogP contribution in [0.1, 0.15) is 18.2 Å². The van der Waals surface area contributed by atoms with Crippen molar-refractivity contribution in [2.45, 2.75) is 20.8 Å². The van der Waals surface area contributed by atoms with Gasteiger partial charge in [0.15, 0.2) is 0 Å². The van der Waals surface area contributed by atoms with Crippen LogP contribution in [0.4, 0.5) is 5.69 Å². The van der Waals surface area contributed by atoms with Crippen molar-refractivity contribution in [3.05, 3.63) is 34.8 Å². The van der Waals surface area contributed by atoms with Gasteiger partial charge >= 0.3 is 0 Å². The minimum absolute atomic E-state index is 0.0180. The Morgan fingerprint density at radius 1 is 1.21 bits per heavy atom. The van der Waals surface area contributed by atoms with Gasteiger partial charge in [0.1, 0.15) is 5.01 Å². The van der Waals surface area contributed by atoms with Crippen LogP contribution in [-0.4, -0.2) is 61.6 Å². The third kappa shape index (κ3) is 6.81. The van der Waals surface area contributed by atoms with E-state index in [1.807, 2.05) is 44.4 Å². The molecule has 29 heavy (non-hydrogen) atoms. The van der Waals surface area contributed by atoms with E-state index in [0.29, 0.717) is 13.1 Å². The van der Waals surface area contributed by atoms with Crippen LogP contribution in [0.3, 0.4) is 0 Å². The molecule has 0 spiro atoms. The van der Waals surface area contributed by atoms with Crippen molar-refractivity contribution in [3.8, 4) is 10.6 Å². The van der Waals surface area contributed by atoms with Crippen LogP contribution in [-0.2, 0) is 9.59 Å². The SMILES string of the molecule is CCNCCNC(=O)CN(CC(=O)N(C)N)c1ccc(-c2nc(C)cs2)cc1C. The Kier molecular flexibility index (Phi) is 8.56. The maximum atomic E-state index is 12.4. The number of hydrazine groups is 1. The van der Waals surface area contributed by atoms with Gasteiger partial charge in [-0.3, -0.25) is 14.6 Å². The molecule has 0 aliphatic heterocycles. The summed E-state index contributed by atoms with van der Waals surface area (Å²) in [7, 11) is 1.50. The standard InChI is InChI=1S/C20H30N6O2S/c1-5-22-8-9-23-18(27)11-26(12-19(28)25(4)21)17-7-6-16(10-14(17)2)20-24-15(3)13-29-20/h6-7,10,13,22H,5,8-9,11-12,21H2,1-4H3,(H,23,27). The van der Waals surface area contributed by atoms with E-state index in [1.54, 1.807) is 16.2 Å². The minimum Gasteiger partial charge on any atom is -0.353 e. The zero-order valence-corrected chi connectivity index (χ0v) is 18.3. The molecule has 4 N–H and O–H groups in total. The molecule has 1 heterocycles. The molecule has 0 bridgehead atoms. The normalized spacial score (nSPS) is 10.7. The first kappa shape index (κ1) is 22.8. The zero-order valence-electron chi connectivity index (χ0n) is 17.5. The largest absolute Gasteiger partial charge is 0.353 e. The quantitative estimate of drug-likeness (QED) is 0.233. The second-order valence-electron chi connectivity index (χ2n) is 6.86. The second kappa shape index (κ2) is 10.9. The molecule has 2 aromatic rings. The zero-order chi connectivity index (χ0) is 21.4. The molecule has 158 valence electrons. The molecule has 0 atom stereocenters. The number of likely N-dealkylation sites (N-methyl/N-ethyl adjacent to an activating group) is 2. The number of nitrogens with zero attached hydrogens (tertiary/aromatic N) is 3. The molecule has 1 aromatic carbocycles. The average Bonchev–Trinajstić information content (AvgIpc) is 3.11. The van der Waals surface area contributed by atoms with E-state index in [9.17, 15) is 9.59 Å². The van der Waals surface area contributed by atoms with Crippen molar-refractivity contribution in [3.63, 3.8) is 0 Å². The van der Waals surface area contributed by atoms with Crippen molar-refractivity contribution in [2.24, 2.45) is 5.84 Å². The first-order valence-corrected chi connectivity index (χ1v) is 10.5. The van der Waals surface area contributed by atoms with E-state index in [4.69, 9.17) is 5.84 Å². The minimum atomic E-state index is -0.274. The molecule has 8 nitrogen and oxygen atoms in total. The first-order valence-electron chi connectivity index (χ1n) is 9.58. The lowest BCUT2D eigenvalue weighted by Gasteiger charge is -2.27. The number of aryl methyl sites for hydroxylation is 2. The van der Waals surface area contributed by atoms with Crippen molar-refractivity contribution >= 4 is 28.8 Å². The van der Waals surface area contributed by atoms with Crippen molar-refractivity contribution in [1.29, 1.82) is 0 Å². The lowest BCUT2D eigenvalue weighted by Crippen LogP contribution is -2.46. The van der Waals surface area contributed by atoms with Gasteiger partial charge in [-0.15, -0.1) is 11.3 Å². The van der Waals surface area contributed by atoms with Crippen LogP contribution in [0, 0.1) is 13.8 Å². The number of hydrogen-bond acceptors (Lipinski definition) is 7. The maximum absolute atomic E-state index is 12.4. The predicted octanol–water partition coefficient (Wildman–Crippen LogP) is 1.29. The Labute approximate surface area is 176 Å². The lowest BCUT2D eigenvalue weighted by atomic mass is 10.1. The lowest BCUT2D eigenvalue weighted by molar-refractivity contribution is -0.128. The highest BCUT2D eigenvalue weighted by Crippen LogP contribution is 2.29. The maximum Gasteiger partial charge on any atom is 0.255 e. The highest BCUT2D eigenvalue weighted by molar-refractivity contribution is 7.13. The van der Waals surface area contributed by atoms with Crippen molar-refractivity contribution < 1.29 is 9.59 Å². The van der Waals surface area contributed by atoms with E-state index >= 15 is 0 Å². The summed E-state index contributed by atoms with van der Waals surface area (Å²) in [6.45, 7) is 8.12. The van der Waals surface area contributed by atoms with Gasteiger partial charge in [-0.1, -0.05) is 6.92 Å². The van der Waals surface area contributed by atoms with Gasteiger partial charge in [-0.05, 0) is 44.2 Å². The summed E-state index contributed by atoms with van der Waals surface area (Å²) in [5, 5.41) is 10.0. The smallest absolute Gasteiger partial charge is 0.255 e. The number of aromatic nitrogens is 1. The van der Waals surface area contributed by atoms with Crippen LogP contribution >= 0.6 is 11.3 Å². The molecule has 0 fully saturated rings. The number of nitrogens with two attached hydrogens (primary N) is 1. The molecule has 0 aliphatic rings. The number of benzene rings is 1. The summed E-state index contributed by atoms with van der Waals surface area (Å²) in [5.74, 6) is 5.17. The van der Waals surface area contributed by atoms with Gasteiger partial charge in [0.25, 0.3) is 5.91 Å². The monoisotopic (exact) mass is 418 g/mol. The molecule has 0 unspecified atom stereocenters. The summed E-state index contributed by atoms with van der Waals surface area (Å²) in [6.07, 6.45) is 0. The fraction of sp³-hybridized carbons (Fsp3) is 0.450. The van der Waals surface area contributed by atoms with Crippen LogP contribution in [0.5, 0.6) is 0 Å².